The van der Waals surface area contributed by atoms with Gasteiger partial charge in [-0.15, -0.1) is 0 Å². The van der Waals surface area contributed by atoms with Gasteiger partial charge >= 0.3 is 6.03 Å². The predicted octanol–water partition coefficient (Wildman–Crippen LogP) is 2.17. The maximum Gasteiger partial charge on any atom is 0.317 e. The summed E-state index contributed by atoms with van der Waals surface area (Å²) in [5, 5.41) is 12.4. The number of ether oxygens (including phenoxy) is 1. The molecule has 1 saturated heterocycles. The van der Waals surface area contributed by atoms with Crippen molar-refractivity contribution in [2.45, 2.75) is 25.3 Å². The van der Waals surface area contributed by atoms with Gasteiger partial charge in [0.25, 0.3) is 0 Å². The molecule has 120 valence electrons. The lowest BCUT2D eigenvalue weighted by atomic mass is 10.0. The van der Waals surface area contributed by atoms with Crippen LogP contribution in [-0.4, -0.2) is 42.8 Å². The standard InChI is InChI=1S/C17H24N2O3/c1-22-15-6-4-14(5-7-15)16(13-2-3-13)18-17(21)19-9-8-12(10-19)11-20/h4-7,12-13,16,20H,2-3,8-11H2,1H3,(H,18,21). The molecule has 0 spiro atoms. The molecule has 5 heteroatoms. The van der Waals surface area contributed by atoms with Crippen LogP contribution in [0.2, 0.25) is 0 Å². The minimum absolute atomic E-state index is 0.0105. The second kappa shape index (κ2) is 6.57. The molecule has 0 aromatic heterocycles. The Balaban J connectivity index is 1.65. The van der Waals surface area contributed by atoms with Crippen molar-refractivity contribution in [2.75, 3.05) is 26.8 Å². The van der Waals surface area contributed by atoms with Crippen LogP contribution >= 0.6 is 0 Å². The summed E-state index contributed by atoms with van der Waals surface area (Å²) < 4.78 is 5.19. The topological polar surface area (TPSA) is 61.8 Å². The molecule has 1 aliphatic heterocycles. The second-order valence-corrected chi connectivity index (χ2v) is 6.32. The lowest BCUT2D eigenvalue weighted by Crippen LogP contribution is -2.41. The van der Waals surface area contributed by atoms with E-state index in [0.717, 1.165) is 37.1 Å². The molecule has 1 heterocycles. The molecule has 2 amide bonds. The van der Waals surface area contributed by atoms with Gasteiger partial charge in [0.2, 0.25) is 0 Å². The fraction of sp³-hybridized carbons (Fsp3) is 0.588. The van der Waals surface area contributed by atoms with E-state index in [1.165, 1.54) is 0 Å². The van der Waals surface area contributed by atoms with Crippen molar-refractivity contribution in [1.29, 1.82) is 0 Å². The first-order chi connectivity index (χ1) is 10.7. The van der Waals surface area contributed by atoms with Crippen molar-refractivity contribution in [3.63, 3.8) is 0 Å². The number of carbonyl (C=O) groups is 1. The zero-order chi connectivity index (χ0) is 15.5. The summed E-state index contributed by atoms with van der Waals surface area (Å²) in [5.41, 5.74) is 1.13. The summed E-state index contributed by atoms with van der Waals surface area (Å²) in [6, 6.07) is 8.00. The fourth-order valence-electron chi connectivity index (χ4n) is 3.10. The average molecular weight is 304 g/mol. The van der Waals surface area contributed by atoms with E-state index in [4.69, 9.17) is 4.74 Å². The number of rotatable bonds is 5. The van der Waals surface area contributed by atoms with Crippen molar-refractivity contribution in [2.24, 2.45) is 11.8 Å². The van der Waals surface area contributed by atoms with Crippen LogP contribution in [0.15, 0.2) is 24.3 Å². The van der Waals surface area contributed by atoms with Crippen LogP contribution in [0.25, 0.3) is 0 Å². The van der Waals surface area contributed by atoms with E-state index >= 15 is 0 Å². The largest absolute Gasteiger partial charge is 0.497 e. The molecular weight excluding hydrogens is 280 g/mol. The number of hydrogen-bond donors (Lipinski definition) is 2. The van der Waals surface area contributed by atoms with Gasteiger partial charge in [0.15, 0.2) is 0 Å². The van der Waals surface area contributed by atoms with Crippen LogP contribution in [0.5, 0.6) is 5.75 Å². The maximum atomic E-state index is 12.5. The molecule has 2 atom stereocenters. The Hall–Kier alpha value is -1.75. The Morgan fingerprint density at radius 1 is 1.36 bits per heavy atom. The Labute approximate surface area is 131 Å². The van der Waals surface area contributed by atoms with E-state index in [-0.39, 0.29) is 24.6 Å². The third kappa shape index (κ3) is 3.35. The number of urea groups is 1. The highest BCUT2D eigenvalue weighted by atomic mass is 16.5. The maximum absolute atomic E-state index is 12.5. The molecule has 0 bridgehead atoms. The van der Waals surface area contributed by atoms with Gasteiger partial charge in [-0.3, -0.25) is 0 Å². The summed E-state index contributed by atoms with van der Waals surface area (Å²) in [4.78, 5) is 14.3. The predicted molar refractivity (Wildman–Crippen MR) is 83.8 cm³/mol. The first-order valence-corrected chi connectivity index (χ1v) is 8.01. The molecule has 5 nitrogen and oxygen atoms in total. The minimum atomic E-state index is -0.0105. The Morgan fingerprint density at radius 3 is 2.64 bits per heavy atom. The zero-order valence-corrected chi connectivity index (χ0v) is 13.0. The lowest BCUT2D eigenvalue weighted by molar-refractivity contribution is 0.193. The number of aliphatic hydroxyl groups excluding tert-OH is 1. The monoisotopic (exact) mass is 304 g/mol. The second-order valence-electron chi connectivity index (χ2n) is 6.32. The van der Waals surface area contributed by atoms with Gasteiger partial charge in [-0.05, 0) is 42.9 Å². The number of methoxy groups -OCH3 is 1. The van der Waals surface area contributed by atoms with Gasteiger partial charge < -0.3 is 20.1 Å². The first kappa shape index (κ1) is 15.2. The Kier molecular flexibility index (Phi) is 4.52. The summed E-state index contributed by atoms with van der Waals surface area (Å²) >= 11 is 0. The Bertz CT molecular complexity index is 513. The highest BCUT2D eigenvalue weighted by Gasteiger charge is 2.35. The fourth-order valence-corrected chi connectivity index (χ4v) is 3.10. The molecule has 2 N–H and O–H groups in total. The molecule has 3 rings (SSSR count). The SMILES string of the molecule is COc1ccc(C(NC(=O)N2CCC(CO)C2)C2CC2)cc1. The van der Waals surface area contributed by atoms with E-state index in [9.17, 15) is 9.90 Å². The Morgan fingerprint density at radius 2 is 2.09 bits per heavy atom. The normalized spacial score (nSPS) is 22.5. The third-order valence-electron chi connectivity index (χ3n) is 4.68. The summed E-state index contributed by atoms with van der Waals surface area (Å²) in [6.45, 7) is 1.55. The number of benzene rings is 1. The number of aliphatic hydroxyl groups is 1. The molecule has 1 aliphatic carbocycles. The highest BCUT2D eigenvalue weighted by Crippen LogP contribution is 2.41. The average Bonchev–Trinajstić information content (AvgIpc) is 3.28. The van der Waals surface area contributed by atoms with E-state index < -0.39 is 0 Å². The molecular formula is C17H24N2O3. The molecule has 0 radical (unpaired) electrons. The van der Waals surface area contributed by atoms with Crippen LogP contribution in [0.3, 0.4) is 0 Å². The van der Waals surface area contributed by atoms with Crippen molar-refractivity contribution in [3.8, 4) is 5.75 Å². The van der Waals surface area contributed by atoms with Crippen LogP contribution in [0, 0.1) is 11.8 Å². The zero-order valence-electron chi connectivity index (χ0n) is 13.0. The lowest BCUT2D eigenvalue weighted by Gasteiger charge is -2.24. The summed E-state index contributed by atoms with van der Waals surface area (Å²) in [7, 11) is 1.65. The number of carbonyl (C=O) groups excluding carboxylic acids is 1. The van der Waals surface area contributed by atoms with Crippen molar-refractivity contribution in [1.82, 2.24) is 10.2 Å². The molecule has 2 unspecified atom stereocenters. The minimum Gasteiger partial charge on any atom is -0.497 e. The number of amides is 2. The van der Waals surface area contributed by atoms with E-state index in [1.807, 2.05) is 29.2 Å². The molecule has 1 aromatic rings. The van der Waals surface area contributed by atoms with Gasteiger partial charge in [0.05, 0.1) is 13.2 Å². The van der Waals surface area contributed by atoms with Gasteiger partial charge in [0.1, 0.15) is 5.75 Å². The van der Waals surface area contributed by atoms with E-state index in [2.05, 4.69) is 5.32 Å². The van der Waals surface area contributed by atoms with Gasteiger partial charge in [-0.1, -0.05) is 12.1 Å². The summed E-state index contributed by atoms with van der Waals surface area (Å²) in [6.07, 6.45) is 3.22. The van der Waals surface area contributed by atoms with Crippen LogP contribution in [-0.2, 0) is 0 Å². The number of hydrogen-bond acceptors (Lipinski definition) is 3. The first-order valence-electron chi connectivity index (χ1n) is 8.01. The molecule has 1 saturated carbocycles. The van der Waals surface area contributed by atoms with Crippen molar-refractivity contribution >= 4 is 6.03 Å². The number of likely N-dealkylation sites (tertiary alicyclic amines) is 1. The third-order valence-corrected chi connectivity index (χ3v) is 4.68. The van der Waals surface area contributed by atoms with E-state index in [0.29, 0.717) is 12.5 Å². The smallest absolute Gasteiger partial charge is 0.317 e. The van der Waals surface area contributed by atoms with Crippen LogP contribution in [0.1, 0.15) is 30.9 Å². The van der Waals surface area contributed by atoms with Gasteiger partial charge in [-0.25, -0.2) is 4.79 Å². The number of nitrogens with one attached hydrogen (secondary N) is 1. The van der Waals surface area contributed by atoms with Crippen molar-refractivity contribution < 1.29 is 14.6 Å². The molecule has 22 heavy (non-hydrogen) atoms. The van der Waals surface area contributed by atoms with Crippen LogP contribution < -0.4 is 10.1 Å². The van der Waals surface area contributed by atoms with Crippen LogP contribution in [0.4, 0.5) is 4.79 Å². The molecule has 1 aromatic carbocycles. The summed E-state index contributed by atoms with van der Waals surface area (Å²) in [5.74, 6) is 1.59. The van der Waals surface area contributed by atoms with Gasteiger partial charge in [0, 0.05) is 25.6 Å². The number of nitrogens with zero attached hydrogens (tertiary/aromatic N) is 1. The molecule has 2 aliphatic rings. The van der Waals surface area contributed by atoms with E-state index in [1.54, 1.807) is 7.11 Å². The quantitative estimate of drug-likeness (QED) is 0.876. The van der Waals surface area contributed by atoms with Gasteiger partial charge in [-0.2, -0.15) is 0 Å². The highest BCUT2D eigenvalue weighted by molar-refractivity contribution is 5.75. The molecule has 2 fully saturated rings. The van der Waals surface area contributed by atoms with Crippen molar-refractivity contribution in [3.05, 3.63) is 29.8 Å².